The molecule has 1 amide bonds. The van der Waals surface area contributed by atoms with Gasteiger partial charge in [0.2, 0.25) is 0 Å². The summed E-state index contributed by atoms with van der Waals surface area (Å²) in [7, 11) is 1.59. The van der Waals surface area contributed by atoms with Gasteiger partial charge in [0, 0.05) is 12.2 Å². The Hall–Kier alpha value is -2.05. The first-order valence-corrected chi connectivity index (χ1v) is 10.2. The molecule has 152 valence electrons. The molecule has 0 aliphatic carbocycles. The van der Waals surface area contributed by atoms with Gasteiger partial charge in [-0.2, -0.15) is 0 Å². The number of rotatable bonds is 10. The Morgan fingerprint density at radius 2 is 1.89 bits per heavy atom. The van der Waals surface area contributed by atoms with Gasteiger partial charge in [0.25, 0.3) is 5.91 Å². The van der Waals surface area contributed by atoms with Gasteiger partial charge in [0.15, 0.2) is 18.1 Å². The predicted octanol–water partition coefficient (Wildman–Crippen LogP) is 4.92. The number of benzene rings is 2. The molecular formula is C22H29BrN2O3. The molecule has 0 saturated carbocycles. The van der Waals surface area contributed by atoms with Crippen molar-refractivity contribution >= 4 is 27.5 Å². The van der Waals surface area contributed by atoms with E-state index in [0.29, 0.717) is 17.4 Å². The van der Waals surface area contributed by atoms with Crippen LogP contribution >= 0.6 is 15.9 Å². The second-order valence-corrected chi connectivity index (χ2v) is 8.03. The fraction of sp³-hybridized carbons (Fsp3) is 0.409. The van der Waals surface area contributed by atoms with Gasteiger partial charge in [-0.1, -0.05) is 31.5 Å². The van der Waals surface area contributed by atoms with Gasteiger partial charge in [-0.25, -0.2) is 0 Å². The number of halogens is 1. The number of aryl methyl sites for hydroxylation is 1. The van der Waals surface area contributed by atoms with Gasteiger partial charge in [-0.05, 0) is 71.6 Å². The van der Waals surface area contributed by atoms with Gasteiger partial charge in [0.1, 0.15) is 0 Å². The number of anilines is 1. The molecule has 0 radical (unpaired) electrons. The quantitative estimate of drug-likeness (QED) is 0.506. The van der Waals surface area contributed by atoms with Crippen LogP contribution in [0.1, 0.15) is 31.4 Å². The number of methoxy groups -OCH3 is 1. The lowest BCUT2D eigenvalue weighted by molar-refractivity contribution is -0.118. The van der Waals surface area contributed by atoms with Crippen LogP contribution in [0.15, 0.2) is 40.9 Å². The molecule has 0 aliphatic heterocycles. The Bertz CT molecular complexity index is 776. The van der Waals surface area contributed by atoms with Gasteiger partial charge in [0.05, 0.1) is 11.6 Å². The molecule has 6 heteroatoms. The first kappa shape index (κ1) is 22.2. The number of hydrogen-bond donors (Lipinski definition) is 2. The number of nitrogens with one attached hydrogen (secondary N) is 2. The summed E-state index contributed by atoms with van der Waals surface area (Å²) in [4.78, 5) is 12.2. The zero-order valence-electron chi connectivity index (χ0n) is 17.0. The summed E-state index contributed by atoms with van der Waals surface area (Å²) < 4.78 is 11.9. The van der Waals surface area contributed by atoms with Crippen molar-refractivity contribution in [2.45, 2.75) is 33.7 Å². The summed E-state index contributed by atoms with van der Waals surface area (Å²) in [6.07, 6.45) is 1.13. The summed E-state index contributed by atoms with van der Waals surface area (Å²) in [5, 5.41) is 6.25. The second-order valence-electron chi connectivity index (χ2n) is 7.17. The lowest BCUT2D eigenvalue weighted by Gasteiger charge is -2.15. The zero-order chi connectivity index (χ0) is 20.5. The average molecular weight is 449 g/mol. The number of ether oxygens (including phenoxy) is 2. The van der Waals surface area contributed by atoms with Crippen LogP contribution in [0.25, 0.3) is 0 Å². The minimum atomic E-state index is -0.225. The van der Waals surface area contributed by atoms with Crippen molar-refractivity contribution in [2.75, 3.05) is 25.6 Å². The highest BCUT2D eigenvalue weighted by Gasteiger charge is 2.14. The fourth-order valence-corrected chi connectivity index (χ4v) is 3.21. The Morgan fingerprint density at radius 3 is 2.54 bits per heavy atom. The maximum absolute atomic E-state index is 12.2. The minimum absolute atomic E-state index is 0.102. The van der Waals surface area contributed by atoms with E-state index in [1.165, 1.54) is 0 Å². The normalized spacial score (nSPS) is 10.8. The van der Waals surface area contributed by atoms with E-state index in [2.05, 4.69) is 40.4 Å². The van der Waals surface area contributed by atoms with Gasteiger partial charge in [-0.3, -0.25) is 4.79 Å². The number of carbonyl (C=O) groups excluding carboxylic acids is 1. The topological polar surface area (TPSA) is 59.6 Å². The van der Waals surface area contributed by atoms with E-state index in [1.54, 1.807) is 7.11 Å². The van der Waals surface area contributed by atoms with Crippen molar-refractivity contribution in [2.24, 2.45) is 5.92 Å². The third kappa shape index (κ3) is 7.17. The first-order chi connectivity index (χ1) is 13.4. The highest BCUT2D eigenvalue weighted by Crippen LogP contribution is 2.36. The molecule has 0 spiro atoms. The lowest BCUT2D eigenvalue weighted by atomic mass is 10.1. The maximum atomic E-state index is 12.2. The van der Waals surface area contributed by atoms with E-state index in [4.69, 9.17) is 9.47 Å². The zero-order valence-corrected chi connectivity index (χ0v) is 18.6. The van der Waals surface area contributed by atoms with Crippen LogP contribution in [-0.2, 0) is 11.3 Å². The predicted molar refractivity (Wildman–Crippen MR) is 117 cm³/mol. The largest absolute Gasteiger partial charge is 0.493 e. The standard InChI is InChI=1S/C22H29BrN2O3/c1-15(2)9-10-24-13-17-11-19(23)22(20(12-17)27-4)28-14-21(26)25-18-7-5-16(3)6-8-18/h5-8,11-12,15,24H,9-10,13-14H2,1-4H3,(H,25,26). The van der Waals surface area contributed by atoms with Crippen LogP contribution in [0.5, 0.6) is 11.5 Å². The van der Waals surface area contributed by atoms with E-state index in [9.17, 15) is 4.79 Å². The van der Waals surface area contributed by atoms with Crippen LogP contribution in [0.3, 0.4) is 0 Å². The average Bonchev–Trinajstić information content (AvgIpc) is 2.65. The Kier molecular flexibility index (Phi) is 8.80. The second kappa shape index (κ2) is 11.1. The van der Waals surface area contributed by atoms with E-state index in [-0.39, 0.29) is 12.5 Å². The Labute approximate surface area is 175 Å². The van der Waals surface area contributed by atoms with E-state index < -0.39 is 0 Å². The van der Waals surface area contributed by atoms with Crippen LogP contribution in [0.4, 0.5) is 5.69 Å². The summed E-state index contributed by atoms with van der Waals surface area (Å²) >= 11 is 3.53. The summed E-state index contributed by atoms with van der Waals surface area (Å²) in [6.45, 7) is 8.03. The van der Waals surface area contributed by atoms with Gasteiger partial charge in [-0.15, -0.1) is 0 Å². The molecule has 0 aromatic heterocycles. The highest BCUT2D eigenvalue weighted by molar-refractivity contribution is 9.10. The molecule has 5 nitrogen and oxygen atoms in total. The first-order valence-electron chi connectivity index (χ1n) is 9.45. The SMILES string of the molecule is COc1cc(CNCCC(C)C)cc(Br)c1OCC(=O)Nc1ccc(C)cc1. The van der Waals surface area contributed by atoms with Gasteiger partial charge >= 0.3 is 0 Å². The molecule has 2 aromatic rings. The summed E-state index contributed by atoms with van der Waals surface area (Å²) in [5.74, 6) is 1.57. The molecule has 0 aliphatic rings. The monoisotopic (exact) mass is 448 g/mol. The van der Waals surface area contributed by atoms with Crippen molar-refractivity contribution in [1.29, 1.82) is 0 Å². The molecule has 2 N–H and O–H groups in total. The molecule has 0 heterocycles. The van der Waals surface area contributed by atoms with Crippen LogP contribution in [0, 0.1) is 12.8 Å². The molecule has 0 fully saturated rings. The lowest BCUT2D eigenvalue weighted by Crippen LogP contribution is -2.20. The van der Waals surface area contributed by atoms with E-state index in [0.717, 1.165) is 40.8 Å². The molecule has 2 rings (SSSR count). The van der Waals surface area contributed by atoms with Gasteiger partial charge < -0.3 is 20.1 Å². The molecule has 28 heavy (non-hydrogen) atoms. The number of hydrogen-bond acceptors (Lipinski definition) is 4. The molecule has 0 unspecified atom stereocenters. The third-order valence-corrected chi connectivity index (χ3v) is 4.79. The molecule has 2 aromatic carbocycles. The maximum Gasteiger partial charge on any atom is 0.262 e. The molecule has 0 atom stereocenters. The molecule has 0 bridgehead atoms. The fourth-order valence-electron chi connectivity index (χ4n) is 2.61. The molecule has 0 saturated heterocycles. The van der Waals surface area contributed by atoms with Crippen molar-refractivity contribution in [3.63, 3.8) is 0 Å². The van der Waals surface area contributed by atoms with Crippen LogP contribution in [-0.4, -0.2) is 26.2 Å². The molecular weight excluding hydrogens is 420 g/mol. The highest BCUT2D eigenvalue weighted by atomic mass is 79.9. The summed E-state index contributed by atoms with van der Waals surface area (Å²) in [6, 6.07) is 11.5. The van der Waals surface area contributed by atoms with Crippen molar-refractivity contribution in [3.05, 3.63) is 52.0 Å². The minimum Gasteiger partial charge on any atom is -0.493 e. The Balaban J connectivity index is 1.94. The van der Waals surface area contributed by atoms with Crippen molar-refractivity contribution in [1.82, 2.24) is 5.32 Å². The third-order valence-electron chi connectivity index (χ3n) is 4.20. The smallest absolute Gasteiger partial charge is 0.262 e. The van der Waals surface area contributed by atoms with E-state index in [1.807, 2.05) is 43.3 Å². The van der Waals surface area contributed by atoms with Crippen molar-refractivity contribution in [3.8, 4) is 11.5 Å². The van der Waals surface area contributed by atoms with Crippen molar-refractivity contribution < 1.29 is 14.3 Å². The summed E-state index contributed by atoms with van der Waals surface area (Å²) in [5.41, 5.74) is 2.97. The van der Waals surface area contributed by atoms with E-state index >= 15 is 0 Å². The number of amides is 1. The number of carbonyl (C=O) groups is 1. The van der Waals surface area contributed by atoms with Crippen LogP contribution in [0.2, 0.25) is 0 Å². The Morgan fingerprint density at radius 1 is 1.18 bits per heavy atom. The van der Waals surface area contributed by atoms with Crippen LogP contribution < -0.4 is 20.1 Å².